The smallest absolute Gasteiger partial charge is 0.247 e. The molecule has 0 bridgehead atoms. The molecule has 2 aromatic carbocycles. The van der Waals surface area contributed by atoms with Crippen LogP contribution >= 0.6 is 0 Å². The number of carbonyl (C=O) groups excluding carboxylic acids is 1. The quantitative estimate of drug-likeness (QED) is 0.643. The molecule has 0 radical (unpaired) electrons. The molecule has 1 aromatic heterocycles. The van der Waals surface area contributed by atoms with Gasteiger partial charge >= 0.3 is 0 Å². The van der Waals surface area contributed by atoms with Gasteiger partial charge in [0.15, 0.2) is 0 Å². The Labute approximate surface area is 156 Å². The topological polar surface area (TPSA) is 114 Å². The minimum atomic E-state index is -3.67. The van der Waals surface area contributed by atoms with Crippen molar-refractivity contribution in [3.8, 4) is 11.5 Å². The maximum Gasteiger partial charge on any atom is 0.247 e. The van der Waals surface area contributed by atoms with Crippen molar-refractivity contribution in [2.45, 2.75) is 18.2 Å². The lowest BCUT2D eigenvalue weighted by atomic mass is 10.2. The predicted molar refractivity (Wildman–Crippen MR) is 99.4 cm³/mol. The Morgan fingerprint density at radius 3 is 2.41 bits per heavy atom. The van der Waals surface area contributed by atoms with Gasteiger partial charge < -0.3 is 9.73 Å². The van der Waals surface area contributed by atoms with Gasteiger partial charge in [-0.1, -0.05) is 18.2 Å². The molecule has 0 atom stereocenters. The standard InChI is InChI=1S/C18H18N4O4S/c1-13(23)20-15-7-9-16(10-8-15)27(24,25)19-12-11-17-21-22-18(26-17)14-5-3-2-4-6-14/h2-10,19H,11-12H2,1H3,(H,20,23). The molecule has 1 heterocycles. The van der Waals surface area contributed by atoms with E-state index in [0.29, 0.717) is 17.5 Å². The van der Waals surface area contributed by atoms with E-state index in [-0.39, 0.29) is 23.8 Å². The van der Waals surface area contributed by atoms with Crippen molar-refractivity contribution in [2.24, 2.45) is 0 Å². The van der Waals surface area contributed by atoms with Gasteiger partial charge in [0.1, 0.15) is 0 Å². The van der Waals surface area contributed by atoms with Crippen LogP contribution in [0.1, 0.15) is 12.8 Å². The second kappa shape index (κ2) is 8.11. The normalized spacial score (nSPS) is 11.3. The second-order valence-electron chi connectivity index (χ2n) is 5.72. The summed E-state index contributed by atoms with van der Waals surface area (Å²) in [6.07, 6.45) is 0.267. The van der Waals surface area contributed by atoms with Crippen molar-refractivity contribution < 1.29 is 17.6 Å². The van der Waals surface area contributed by atoms with E-state index in [1.165, 1.54) is 31.2 Å². The number of aromatic nitrogens is 2. The molecule has 3 aromatic rings. The summed E-state index contributed by atoms with van der Waals surface area (Å²) in [4.78, 5) is 11.1. The van der Waals surface area contributed by atoms with Crippen LogP contribution in [-0.2, 0) is 21.2 Å². The van der Waals surface area contributed by atoms with Crippen LogP contribution in [0.2, 0.25) is 0 Å². The third-order valence-corrected chi connectivity index (χ3v) is 5.08. The van der Waals surface area contributed by atoms with Crippen molar-refractivity contribution in [1.82, 2.24) is 14.9 Å². The van der Waals surface area contributed by atoms with Crippen LogP contribution in [0.15, 0.2) is 63.9 Å². The average Bonchev–Trinajstić information content (AvgIpc) is 3.11. The van der Waals surface area contributed by atoms with Crippen LogP contribution in [0.3, 0.4) is 0 Å². The van der Waals surface area contributed by atoms with E-state index in [0.717, 1.165) is 5.56 Å². The zero-order valence-corrected chi connectivity index (χ0v) is 15.4. The second-order valence-corrected chi connectivity index (χ2v) is 7.49. The largest absolute Gasteiger partial charge is 0.421 e. The van der Waals surface area contributed by atoms with E-state index in [4.69, 9.17) is 4.42 Å². The third-order valence-electron chi connectivity index (χ3n) is 3.60. The minimum absolute atomic E-state index is 0.104. The van der Waals surface area contributed by atoms with Gasteiger partial charge in [0, 0.05) is 31.1 Å². The number of sulfonamides is 1. The maximum atomic E-state index is 12.3. The molecule has 1 amide bonds. The molecule has 0 spiro atoms. The number of benzene rings is 2. The molecule has 0 unspecified atom stereocenters. The minimum Gasteiger partial charge on any atom is -0.421 e. The molecule has 2 N–H and O–H groups in total. The zero-order chi connectivity index (χ0) is 19.3. The van der Waals surface area contributed by atoms with Gasteiger partial charge in [-0.15, -0.1) is 10.2 Å². The Hall–Kier alpha value is -3.04. The number of amides is 1. The van der Waals surface area contributed by atoms with Gasteiger partial charge in [-0.2, -0.15) is 0 Å². The number of nitrogens with zero attached hydrogens (tertiary/aromatic N) is 2. The number of nitrogens with one attached hydrogen (secondary N) is 2. The third kappa shape index (κ3) is 4.99. The number of rotatable bonds is 7. The molecule has 0 aliphatic carbocycles. The van der Waals surface area contributed by atoms with Crippen molar-refractivity contribution in [1.29, 1.82) is 0 Å². The summed E-state index contributed by atoms with van der Waals surface area (Å²) in [7, 11) is -3.67. The van der Waals surface area contributed by atoms with Crippen molar-refractivity contribution >= 4 is 21.6 Å². The highest BCUT2D eigenvalue weighted by Crippen LogP contribution is 2.17. The average molecular weight is 386 g/mol. The van der Waals surface area contributed by atoms with E-state index < -0.39 is 10.0 Å². The van der Waals surface area contributed by atoms with Crippen LogP contribution in [0, 0.1) is 0 Å². The van der Waals surface area contributed by atoms with E-state index in [9.17, 15) is 13.2 Å². The SMILES string of the molecule is CC(=O)Nc1ccc(S(=O)(=O)NCCc2nnc(-c3ccccc3)o2)cc1. The van der Waals surface area contributed by atoms with E-state index in [2.05, 4.69) is 20.2 Å². The molecule has 27 heavy (non-hydrogen) atoms. The summed E-state index contributed by atoms with van der Waals surface area (Å²) >= 11 is 0. The molecule has 140 valence electrons. The van der Waals surface area contributed by atoms with Gasteiger partial charge in [0.2, 0.25) is 27.7 Å². The highest BCUT2D eigenvalue weighted by Gasteiger charge is 2.15. The predicted octanol–water partition coefficient (Wildman–Crippen LogP) is 2.22. The molecular formula is C18H18N4O4S. The summed E-state index contributed by atoms with van der Waals surface area (Å²) in [5, 5.41) is 10.5. The van der Waals surface area contributed by atoms with Crippen LogP contribution in [-0.4, -0.2) is 31.1 Å². The van der Waals surface area contributed by atoms with Crippen LogP contribution in [0.5, 0.6) is 0 Å². The molecular weight excluding hydrogens is 368 g/mol. The molecule has 8 nitrogen and oxygen atoms in total. The Morgan fingerprint density at radius 2 is 1.74 bits per heavy atom. The summed E-state index contributed by atoms with van der Waals surface area (Å²) < 4.78 is 32.7. The Balaban J connectivity index is 1.58. The first-order valence-electron chi connectivity index (χ1n) is 8.19. The highest BCUT2D eigenvalue weighted by molar-refractivity contribution is 7.89. The Kier molecular flexibility index (Phi) is 5.63. The van der Waals surface area contributed by atoms with Gasteiger partial charge in [-0.25, -0.2) is 13.1 Å². The summed E-state index contributed by atoms with van der Waals surface area (Å²) in [5.74, 6) is 0.512. The van der Waals surface area contributed by atoms with Crippen molar-refractivity contribution in [2.75, 3.05) is 11.9 Å². The molecule has 9 heteroatoms. The van der Waals surface area contributed by atoms with Crippen LogP contribution in [0.25, 0.3) is 11.5 Å². The van der Waals surface area contributed by atoms with E-state index in [1.807, 2.05) is 30.3 Å². The molecule has 0 saturated heterocycles. The molecule has 0 fully saturated rings. The lowest BCUT2D eigenvalue weighted by molar-refractivity contribution is -0.114. The lowest BCUT2D eigenvalue weighted by Gasteiger charge is -2.07. The fourth-order valence-corrected chi connectivity index (χ4v) is 3.38. The van der Waals surface area contributed by atoms with Crippen LogP contribution < -0.4 is 10.0 Å². The van der Waals surface area contributed by atoms with Gasteiger partial charge in [0.25, 0.3) is 0 Å². The summed E-state index contributed by atoms with van der Waals surface area (Å²) in [5.41, 5.74) is 1.33. The van der Waals surface area contributed by atoms with Gasteiger partial charge in [0.05, 0.1) is 4.90 Å². The molecule has 0 aliphatic rings. The molecule has 0 saturated carbocycles. The summed E-state index contributed by atoms with van der Waals surface area (Å²) in [6.45, 7) is 1.50. The Bertz CT molecular complexity index is 1020. The fraction of sp³-hybridized carbons (Fsp3) is 0.167. The van der Waals surface area contributed by atoms with Crippen LogP contribution in [0.4, 0.5) is 5.69 Å². The number of anilines is 1. The molecule has 0 aliphatic heterocycles. The Morgan fingerprint density at radius 1 is 1.04 bits per heavy atom. The van der Waals surface area contributed by atoms with E-state index in [1.54, 1.807) is 0 Å². The highest BCUT2D eigenvalue weighted by atomic mass is 32.2. The molecule has 3 rings (SSSR count). The first kappa shape index (κ1) is 18.7. The van der Waals surface area contributed by atoms with Gasteiger partial charge in [-0.3, -0.25) is 4.79 Å². The van der Waals surface area contributed by atoms with Crippen molar-refractivity contribution in [3.63, 3.8) is 0 Å². The number of hydrogen-bond donors (Lipinski definition) is 2. The zero-order valence-electron chi connectivity index (χ0n) is 14.5. The maximum absolute atomic E-state index is 12.3. The number of hydrogen-bond acceptors (Lipinski definition) is 6. The first-order chi connectivity index (χ1) is 12.9. The van der Waals surface area contributed by atoms with Crippen molar-refractivity contribution in [3.05, 3.63) is 60.5 Å². The monoisotopic (exact) mass is 386 g/mol. The first-order valence-corrected chi connectivity index (χ1v) is 9.67. The fourth-order valence-electron chi connectivity index (χ4n) is 2.35. The van der Waals surface area contributed by atoms with Gasteiger partial charge in [-0.05, 0) is 36.4 Å². The van der Waals surface area contributed by atoms with E-state index >= 15 is 0 Å². The summed E-state index contributed by atoms with van der Waals surface area (Å²) in [6, 6.07) is 15.2. The number of carbonyl (C=O) groups is 1. The lowest BCUT2D eigenvalue weighted by Crippen LogP contribution is -2.26.